The van der Waals surface area contributed by atoms with Gasteiger partial charge < -0.3 is 34.3 Å². The van der Waals surface area contributed by atoms with Crippen LogP contribution in [-0.2, 0) is 38.7 Å². The quantitative estimate of drug-likeness (QED) is 0.0207. The van der Waals surface area contributed by atoms with E-state index in [-0.39, 0.29) is 19.4 Å². The molecule has 0 spiro atoms. The molecule has 1 heterocycles. The highest BCUT2D eigenvalue weighted by atomic mass is 32.2. The Morgan fingerprint density at radius 3 is 1.68 bits per heavy atom. The van der Waals surface area contributed by atoms with Crippen molar-refractivity contribution in [3.63, 3.8) is 0 Å². The third-order valence-electron chi connectivity index (χ3n) is 9.64. The van der Waals surface area contributed by atoms with E-state index in [1.807, 2.05) is 0 Å². The Labute approximate surface area is 343 Å². The Hall–Kier alpha value is -2.39. The minimum absolute atomic E-state index is 0.126. The molecule has 0 saturated carbocycles. The van der Waals surface area contributed by atoms with Crippen LogP contribution in [0, 0.1) is 0 Å². The molecule has 330 valence electrons. The summed E-state index contributed by atoms with van der Waals surface area (Å²) in [5, 5.41) is 30.8. The molecule has 6 atom stereocenters. The maximum absolute atomic E-state index is 12.8. The fraction of sp³-hybridized carbons (Fsp3) is 0.773. The van der Waals surface area contributed by atoms with Crippen LogP contribution < -0.4 is 0 Å². The summed E-state index contributed by atoms with van der Waals surface area (Å²) in [6, 6.07) is 0. The van der Waals surface area contributed by atoms with Crippen molar-refractivity contribution in [2.45, 2.75) is 198 Å². The van der Waals surface area contributed by atoms with Crippen LogP contribution in [0.4, 0.5) is 0 Å². The lowest BCUT2D eigenvalue weighted by atomic mass is 10.00. The van der Waals surface area contributed by atoms with Gasteiger partial charge in [-0.2, -0.15) is 8.42 Å². The molecule has 0 radical (unpaired) electrons. The van der Waals surface area contributed by atoms with Gasteiger partial charge in [0, 0.05) is 12.8 Å². The van der Waals surface area contributed by atoms with Crippen molar-refractivity contribution in [1.82, 2.24) is 0 Å². The average Bonchev–Trinajstić information content (AvgIpc) is 3.17. The highest BCUT2D eigenvalue weighted by molar-refractivity contribution is 7.85. The van der Waals surface area contributed by atoms with E-state index < -0.39 is 71.2 Å². The maximum Gasteiger partial charge on any atom is 0.306 e. The minimum atomic E-state index is -4.61. The summed E-state index contributed by atoms with van der Waals surface area (Å²) in [6.45, 7) is 3.59. The monoisotopic (exact) mass is 829 g/mol. The molecule has 0 aliphatic carbocycles. The number of aliphatic hydroxyl groups excluding tert-OH is 3. The van der Waals surface area contributed by atoms with Gasteiger partial charge in [-0.3, -0.25) is 14.1 Å². The number of ether oxygens (including phenoxy) is 4. The van der Waals surface area contributed by atoms with Gasteiger partial charge in [-0.1, -0.05) is 127 Å². The first-order valence-electron chi connectivity index (χ1n) is 21.7. The molecule has 4 N–H and O–H groups in total. The van der Waals surface area contributed by atoms with Gasteiger partial charge in [0.15, 0.2) is 12.4 Å². The predicted molar refractivity (Wildman–Crippen MR) is 224 cm³/mol. The number of hydrogen-bond donors (Lipinski definition) is 4. The summed E-state index contributed by atoms with van der Waals surface area (Å²) in [6.07, 6.45) is 30.2. The van der Waals surface area contributed by atoms with Crippen molar-refractivity contribution in [3.05, 3.63) is 48.6 Å². The third-order valence-corrected chi connectivity index (χ3v) is 10.4. The maximum atomic E-state index is 12.8. The molecule has 0 aromatic carbocycles. The average molecular weight is 829 g/mol. The zero-order valence-corrected chi connectivity index (χ0v) is 35.7. The topological polar surface area (TPSA) is 186 Å². The Balaban J connectivity index is 2.49. The van der Waals surface area contributed by atoms with Crippen molar-refractivity contribution in [2.75, 3.05) is 19.0 Å². The standard InChI is InChI=1S/C44H76O12S/c1-3-5-7-9-11-13-15-17-18-19-21-22-24-26-28-30-32-39(45)53-34-37(35-54-44-43(49)42(48)41(47)38(56-44)36-57(50,51)52)55-40(46)33-31-29-27-25-23-20-16-14-12-10-8-6-4-2/h6,8,12,14,18-20,23,37-38,41-44,47-49H,3-5,7,9-11,13,15-17,21-22,24-36H2,1-2H3,(H,50,51,52)/b8-6-,14-12-,19-18-,23-20-. The highest BCUT2D eigenvalue weighted by Crippen LogP contribution is 2.24. The number of hydrogen-bond acceptors (Lipinski definition) is 11. The van der Waals surface area contributed by atoms with Gasteiger partial charge in [-0.15, -0.1) is 0 Å². The Kier molecular flexibility index (Phi) is 31.8. The van der Waals surface area contributed by atoms with E-state index in [1.54, 1.807) is 0 Å². The first-order valence-corrected chi connectivity index (χ1v) is 23.3. The van der Waals surface area contributed by atoms with E-state index in [9.17, 15) is 37.9 Å². The second-order valence-electron chi connectivity index (χ2n) is 15.0. The van der Waals surface area contributed by atoms with Crippen LogP contribution >= 0.6 is 0 Å². The van der Waals surface area contributed by atoms with E-state index >= 15 is 0 Å². The molecule has 1 aliphatic rings. The Morgan fingerprint density at radius 2 is 1.11 bits per heavy atom. The molecule has 12 nitrogen and oxygen atoms in total. The summed E-state index contributed by atoms with van der Waals surface area (Å²) in [5.41, 5.74) is 0. The van der Waals surface area contributed by atoms with Gasteiger partial charge in [0.1, 0.15) is 36.8 Å². The SMILES string of the molecule is CC/C=C\C/C=C\C/C=C\CCCCCC(=O)OC(COC(=O)CCCCCCC/C=C\CCCCCCCCC)COC1OC(CS(=O)(=O)O)C(O)C(O)C1O. The van der Waals surface area contributed by atoms with Gasteiger partial charge in [-0.25, -0.2) is 0 Å². The molecule has 1 rings (SSSR count). The summed E-state index contributed by atoms with van der Waals surface area (Å²) < 4.78 is 53.9. The lowest BCUT2D eigenvalue weighted by molar-refractivity contribution is -0.297. The van der Waals surface area contributed by atoms with Crippen LogP contribution in [0.1, 0.15) is 162 Å². The summed E-state index contributed by atoms with van der Waals surface area (Å²) in [5.74, 6) is -2.04. The number of esters is 2. The van der Waals surface area contributed by atoms with Crippen LogP contribution in [0.3, 0.4) is 0 Å². The molecular formula is C44H76O12S. The number of carbonyl (C=O) groups excluding carboxylic acids is 2. The van der Waals surface area contributed by atoms with Gasteiger partial charge in [0.2, 0.25) is 0 Å². The van der Waals surface area contributed by atoms with E-state index in [2.05, 4.69) is 62.5 Å². The second kappa shape index (κ2) is 34.5. The molecule has 0 amide bonds. The predicted octanol–water partition coefficient (Wildman–Crippen LogP) is 8.39. The molecule has 13 heteroatoms. The van der Waals surface area contributed by atoms with E-state index in [0.717, 1.165) is 77.0 Å². The van der Waals surface area contributed by atoms with E-state index in [4.69, 9.17) is 18.9 Å². The number of unbranched alkanes of at least 4 members (excludes halogenated alkanes) is 15. The first-order chi connectivity index (χ1) is 27.5. The zero-order valence-electron chi connectivity index (χ0n) is 34.9. The first kappa shape index (κ1) is 52.6. The molecule has 1 saturated heterocycles. The third kappa shape index (κ3) is 29.5. The molecule has 6 unspecified atom stereocenters. The van der Waals surface area contributed by atoms with Crippen molar-refractivity contribution < 1.29 is 56.8 Å². The molecule has 0 bridgehead atoms. The second-order valence-corrected chi connectivity index (χ2v) is 16.5. The van der Waals surface area contributed by atoms with Crippen LogP contribution in [0.25, 0.3) is 0 Å². The number of rotatable bonds is 35. The molecular weight excluding hydrogens is 753 g/mol. The van der Waals surface area contributed by atoms with Crippen molar-refractivity contribution in [2.24, 2.45) is 0 Å². The van der Waals surface area contributed by atoms with Crippen molar-refractivity contribution in [3.8, 4) is 0 Å². The minimum Gasteiger partial charge on any atom is -0.462 e. The number of carbonyl (C=O) groups is 2. The summed E-state index contributed by atoms with van der Waals surface area (Å²) in [4.78, 5) is 25.3. The molecule has 1 fully saturated rings. The lowest BCUT2D eigenvalue weighted by Gasteiger charge is -2.40. The normalized spacial score (nSPS) is 21.0. The highest BCUT2D eigenvalue weighted by Gasteiger charge is 2.46. The van der Waals surface area contributed by atoms with Crippen molar-refractivity contribution in [1.29, 1.82) is 0 Å². The summed E-state index contributed by atoms with van der Waals surface area (Å²) in [7, 11) is -4.61. The lowest BCUT2D eigenvalue weighted by Crippen LogP contribution is -2.60. The fourth-order valence-corrected chi connectivity index (χ4v) is 6.96. The van der Waals surface area contributed by atoms with Crippen molar-refractivity contribution >= 4 is 22.1 Å². The molecule has 1 aliphatic heterocycles. The smallest absolute Gasteiger partial charge is 0.306 e. The number of allylic oxidation sites excluding steroid dienone is 8. The van der Waals surface area contributed by atoms with Gasteiger partial charge >= 0.3 is 11.9 Å². The van der Waals surface area contributed by atoms with Gasteiger partial charge in [-0.05, 0) is 70.6 Å². The van der Waals surface area contributed by atoms with E-state index in [0.29, 0.717) is 12.8 Å². The van der Waals surface area contributed by atoms with Gasteiger partial charge in [0.05, 0.1) is 6.61 Å². The molecule has 57 heavy (non-hydrogen) atoms. The van der Waals surface area contributed by atoms with Crippen LogP contribution in [0.2, 0.25) is 0 Å². The molecule has 0 aromatic heterocycles. The number of aliphatic hydroxyl groups is 3. The van der Waals surface area contributed by atoms with Crippen LogP contribution in [0.5, 0.6) is 0 Å². The zero-order chi connectivity index (χ0) is 42.0. The summed E-state index contributed by atoms with van der Waals surface area (Å²) >= 11 is 0. The Morgan fingerprint density at radius 1 is 0.614 bits per heavy atom. The largest absolute Gasteiger partial charge is 0.462 e. The van der Waals surface area contributed by atoms with Gasteiger partial charge in [0.25, 0.3) is 10.1 Å². The molecule has 0 aromatic rings. The van der Waals surface area contributed by atoms with Crippen LogP contribution in [-0.4, -0.2) is 96.0 Å². The Bertz CT molecular complexity index is 1250. The fourth-order valence-electron chi connectivity index (χ4n) is 6.27. The van der Waals surface area contributed by atoms with Crippen LogP contribution in [0.15, 0.2) is 48.6 Å². The van der Waals surface area contributed by atoms with E-state index in [1.165, 1.54) is 44.9 Å².